The zero-order chi connectivity index (χ0) is 76.1. The fourth-order valence-corrected chi connectivity index (χ4v) is 13.2. The molecule has 0 saturated carbocycles. The molecule has 3 rings (SSSR count). The summed E-state index contributed by atoms with van der Waals surface area (Å²) in [6.45, 7) is 31.7. The molecule has 3 saturated heterocycles. The third-order valence-corrected chi connectivity index (χ3v) is 19.8. The van der Waals surface area contributed by atoms with Crippen LogP contribution in [0.5, 0.6) is 0 Å². The second-order valence-corrected chi connectivity index (χ2v) is 30.4. The summed E-state index contributed by atoms with van der Waals surface area (Å²) < 4.78 is 11.9. The minimum atomic E-state index is -1.39. The van der Waals surface area contributed by atoms with Crippen molar-refractivity contribution in [2.24, 2.45) is 35.5 Å². The van der Waals surface area contributed by atoms with E-state index in [1.54, 1.807) is 55.6 Å². The van der Waals surface area contributed by atoms with Crippen LogP contribution in [-0.2, 0) is 71.8 Å². The van der Waals surface area contributed by atoms with Gasteiger partial charge in [-0.2, -0.15) is 0 Å². The summed E-state index contributed by atoms with van der Waals surface area (Å²) in [4.78, 5) is 194. The molecule has 0 aromatic rings. The molecule has 0 bridgehead atoms. The number of rotatable bonds is 23. The number of carbonyl (C=O) groups is 12. The van der Waals surface area contributed by atoms with E-state index < -0.39 is 155 Å². The number of hydroxylamine groups is 2. The lowest BCUT2D eigenvalue weighted by Gasteiger charge is -2.50. The molecule has 0 aromatic heterocycles. The molecule has 12 amide bonds. The summed E-state index contributed by atoms with van der Waals surface area (Å²) in [5.74, 6) is -9.50. The van der Waals surface area contributed by atoms with E-state index in [0.717, 1.165) is 31.1 Å². The highest BCUT2D eigenvalue weighted by atomic mass is 16.7. The summed E-state index contributed by atoms with van der Waals surface area (Å²) >= 11 is 0. The van der Waals surface area contributed by atoms with Crippen molar-refractivity contribution >= 4 is 70.9 Å². The molecule has 3 aliphatic heterocycles. The second-order valence-electron chi connectivity index (χ2n) is 30.4. The molecule has 0 unspecified atom stereocenters. The van der Waals surface area contributed by atoms with E-state index in [-0.39, 0.29) is 61.9 Å². The maximum absolute atomic E-state index is 15.3. The van der Waals surface area contributed by atoms with E-state index in [9.17, 15) is 28.8 Å². The van der Waals surface area contributed by atoms with Crippen LogP contribution in [-0.4, -0.2) is 290 Å². The van der Waals surface area contributed by atoms with E-state index in [1.165, 1.54) is 97.4 Å². The van der Waals surface area contributed by atoms with Crippen LogP contribution in [0.15, 0.2) is 0 Å². The Balaban J connectivity index is 2.29. The molecule has 3 aliphatic rings. The predicted octanol–water partition coefficient (Wildman–Crippen LogP) is 3.52. The normalized spacial score (nSPS) is 27.5. The van der Waals surface area contributed by atoms with Gasteiger partial charge < -0.3 is 65.0 Å². The van der Waals surface area contributed by atoms with Gasteiger partial charge in [0.15, 0.2) is 6.04 Å². The van der Waals surface area contributed by atoms with Crippen LogP contribution in [0.25, 0.3) is 0 Å². The SMILES string of the molecule is CC[C@@H]1NC(=O)[C@@H]2[C@@H]([C@H](C)CCCCCC(=O)N(C)C)ON2C(=O)[C@H](C(C)C)N(C)C(=O)[C@H](CC(C)C)N(C)C(=O)[C@H](CC(C)C)N(C)C(=O)[C@@H](C)NC(=O)[C@H](C)NC(=O)[C@H](CC(C)C)N(C)C(=O)[C@H](C(C)C)NC(=O)[C@H]([C@@H](C)OCCCCN2CCOCC2)N(C)C(=O)[C@@H](C)N(C)C1=O. The van der Waals surface area contributed by atoms with E-state index >= 15 is 28.8 Å². The van der Waals surface area contributed by atoms with Gasteiger partial charge in [0, 0.05) is 82.5 Å². The van der Waals surface area contributed by atoms with Crippen LogP contribution in [0.3, 0.4) is 0 Å². The monoisotopic (exact) mass is 1420 g/mol. The average Bonchev–Trinajstić information content (AvgIpc) is 0.753. The number of unbranched alkanes of at least 4 members (excludes halogenated alkanes) is 3. The topological polar surface area (TPSA) is 310 Å². The van der Waals surface area contributed by atoms with Gasteiger partial charge in [0.1, 0.15) is 66.5 Å². The van der Waals surface area contributed by atoms with Crippen molar-refractivity contribution in [2.75, 3.05) is 95.8 Å². The summed E-state index contributed by atoms with van der Waals surface area (Å²) in [6, 6.07) is -13.8. The lowest BCUT2D eigenvalue weighted by atomic mass is 9.88. The Labute approximate surface area is 597 Å². The molecular weight excluding hydrogens is 1290 g/mol. The third kappa shape index (κ3) is 24.3. The third-order valence-electron chi connectivity index (χ3n) is 19.8. The number of fused-ring (bicyclic) bond motifs is 1. The molecule has 3 fully saturated rings. The Bertz CT molecular complexity index is 2740. The molecule has 100 heavy (non-hydrogen) atoms. The average molecular weight is 1420 g/mol. The number of likely N-dealkylation sites (N-methyl/N-ethyl adjacent to an activating group) is 6. The number of amides is 12. The Morgan fingerprint density at radius 2 is 1.04 bits per heavy atom. The van der Waals surface area contributed by atoms with Crippen molar-refractivity contribution in [3.05, 3.63) is 0 Å². The Morgan fingerprint density at radius 3 is 1.57 bits per heavy atom. The lowest BCUT2D eigenvalue weighted by Crippen LogP contribution is -2.72. The first kappa shape index (κ1) is 87.7. The van der Waals surface area contributed by atoms with E-state index in [4.69, 9.17) is 14.3 Å². The Hall–Kier alpha value is -6.52. The summed E-state index contributed by atoms with van der Waals surface area (Å²) in [5.41, 5.74) is 0. The fraction of sp³-hybridized carbons (Fsp3) is 0.833. The zero-order valence-corrected chi connectivity index (χ0v) is 65.1. The number of hydrogen-bond acceptors (Lipinski definition) is 16. The van der Waals surface area contributed by atoms with Crippen molar-refractivity contribution in [3.8, 4) is 0 Å². The molecular formula is C72H129N13O15. The molecule has 4 N–H and O–H groups in total. The van der Waals surface area contributed by atoms with Crippen LogP contribution in [0.4, 0.5) is 0 Å². The number of nitrogens with zero attached hydrogens (tertiary/aromatic N) is 9. The molecule has 14 atom stereocenters. The summed E-state index contributed by atoms with van der Waals surface area (Å²) in [6.07, 6.45) is 2.85. The van der Waals surface area contributed by atoms with Gasteiger partial charge in [-0.05, 0) is 121 Å². The van der Waals surface area contributed by atoms with Crippen molar-refractivity contribution in [1.82, 2.24) is 65.5 Å². The van der Waals surface area contributed by atoms with Gasteiger partial charge >= 0.3 is 0 Å². The Kier molecular flexibility index (Phi) is 35.9. The van der Waals surface area contributed by atoms with Gasteiger partial charge in [0.25, 0.3) is 5.91 Å². The van der Waals surface area contributed by atoms with Gasteiger partial charge in [-0.1, -0.05) is 95.9 Å². The summed E-state index contributed by atoms with van der Waals surface area (Å²) in [7, 11) is 12.0. The molecule has 0 aliphatic carbocycles. The van der Waals surface area contributed by atoms with Gasteiger partial charge in [-0.3, -0.25) is 67.3 Å². The first-order chi connectivity index (χ1) is 46.6. The number of morpholine rings is 1. The maximum Gasteiger partial charge on any atom is 0.270 e. The number of nitrogens with one attached hydrogen (secondary N) is 4. The van der Waals surface area contributed by atoms with Crippen molar-refractivity contribution < 1.29 is 71.8 Å². The lowest BCUT2D eigenvalue weighted by molar-refractivity contribution is -0.322. The molecule has 3 heterocycles. The van der Waals surface area contributed by atoms with Gasteiger partial charge in [0.2, 0.25) is 65.0 Å². The van der Waals surface area contributed by atoms with Crippen LogP contribution in [0.2, 0.25) is 0 Å². The number of carbonyl (C=O) groups excluding carboxylic acids is 12. The minimum Gasteiger partial charge on any atom is -0.379 e. The highest BCUT2D eigenvalue weighted by Gasteiger charge is 2.55. The highest BCUT2D eigenvalue weighted by molar-refractivity contribution is 6.00. The van der Waals surface area contributed by atoms with E-state index in [2.05, 4.69) is 26.2 Å². The van der Waals surface area contributed by atoms with E-state index in [1.807, 2.05) is 48.5 Å². The highest BCUT2D eigenvalue weighted by Crippen LogP contribution is 2.35. The Morgan fingerprint density at radius 1 is 0.520 bits per heavy atom. The minimum absolute atomic E-state index is 0.00194. The molecule has 572 valence electrons. The smallest absolute Gasteiger partial charge is 0.270 e. The maximum atomic E-state index is 15.3. The molecule has 28 heteroatoms. The molecule has 0 aromatic carbocycles. The zero-order valence-electron chi connectivity index (χ0n) is 65.1. The van der Waals surface area contributed by atoms with Crippen LogP contribution < -0.4 is 21.3 Å². The van der Waals surface area contributed by atoms with Crippen LogP contribution in [0, 0.1) is 35.5 Å². The van der Waals surface area contributed by atoms with Gasteiger partial charge in [-0.15, -0.1) is 0 Å². The number of hydrogen-bond donors (Lipinski definition) is 4. The van der Waals surface area contributed by atoms with Gasteiger partial charge in [-0.25, -0.2) is 5.06 Å². The predicted molar refractivity (Wildman–Crippen MR) is 381 cm³/mol. The molecule has 0 radical (unpaired) electrons. The molecule has 28 nitrogen and oxygen atoms in total. The first-order valence-electron chi connectivity index (χ1n) is 36.6. The number of ether oxygens (including phenoxy) is 2. The van der Waals surface area contributed by atoms with Crippen LogP contribution >= 0.6 is 0 Å². The second kappa shape index (κ2) is 40.9. The van der Waals surface area contributed by atoms with Gasteiger partial charge in [0.05, 0.1) is 19.3 Å². The fourth-order valence-electron chi connectivity index (χ4n) is 13.2. The van der Waals surface area contributed by atoms with Crippen molar-refractivity contribution in [3.63, 3.8) is 0 Å². The van der Waals surface area contributed by atoms with E-state index in [0.29, 0.717) is 51.7 Å². The van der Waals surface area contributed by atoms with Crippen molar-refractivity contribution in [2.45, 2.75) is 260 Å². The molecule has 0 spiro atoms. The quantitative estimate of drug-likeness (QED) is 0.106. The standard InChI is InChI=1S/C72H129N13O15/c1-25-52-68(93)78(19)50(15)67(92)83(24)59(51(16)99-36-30-29-33-84-34-37-98-38-35-84)64(89)76-57(45(8)9)71(96)79(20)53(39-42(2)3)63(88)73-48(13)62(87)74-49(14)66(91)80(21)54(40-43(4)5)69(94)81(22)55(41-44(6)7)70(95)82(23)58(46(10)11)72(97)85-60(65(90)75-52)61(100-85)47(12)31-27-26-28-32-56(86)77(17)18/h42-55,57-61H,25-41H2,1-24H3,(H,73,88)(H,74,87)(H,75,90)(H,76,89)/t47-,48+,49-,50-,51-,52+,53+,54+,55+,57+,58+,59+,60+,61-/m1/s1. The summed E-state index contributed by atoms with van der Waals surface area (Å²) in [5, 5.41) is 12.2. The van der Waals surface area contributed by atoms with Crippen LogP contribution in [0.1, 0.15) is 181 Å². The first-order valence-corrected chi connectivity index (χ1v) is 36.6. The largest absolute Gasteiger partial charge is 0.379 e. The van der Waals surface area contributed by atoms with Crippen molar-refractivity contribution in [1.29, 1.82) is 0 Å².